The van der Waals surface area contributed by atoms with E-state index in [1.165, 1.54) is 11.1 Å². The average Bonchev–Trinajstić information content (AvgIpc) is 2.77. The summed E-state index contributed by atoms with van der Waals surface area (Å²) in [6.45, 7) is 6.37. The third-order valence-corrected chi connectivity index (χ3v) is 3.24. The van der Waals surface area contributed by atoms with Gasteiger partial charge in [-0.15, -0.1) is 0 Å². The van der Waals surface area contributed by atoms with E-state index in [4.69, 9.17) is 5.73 Å². The van der Waals surface area contributed by atoms with Crippen LogP contribution in [0.2, 0.25) is 0 Å². The molecule has 0 bridgehead atoms. The van der Waals surface area contributed by atoms with E-state index < -0.39 is 0 Å². The van der Waals surface area contributed by atoms with Crippen LogP contribution in [0.5, 0.6) is 0 Å². The number of aromatic nitrogens is 2. The molecule has 0 aliphatic rings. The van der Waals surface area contributed by atoms with E-state index in [9.17, 15) is 0 Å². The molecular formula is C16H23N3. The lowest BCUT2D eigenvalue weighted by Crippen LogP contribution is -2.25. The molecule has 2 N–H and O–H groups in total. The van der Waals surface area contributed by atoms with Gasteiger partial charge in [-0.1, -0.05) is 29.8 Å². The molecule has 3 nitrogen and oxygen atoms in total. The van der Waals surface area contributed by atoms with Crippen LogP contribution in [0.15, 0.2) is 36.5 Å². The topological polar surface area (TPSA) is 43.8 Å². The average molecular weight is 257 g/mol. The molecule has 1 unspecified atom stereocenters. The summed E-state index contributed by atoms with van der Waals surface area (Å²) in [5.74, 6) is 0. The van der Waals surface area contributed by atoms with E-state index in [0.29, 0.717) is 6.04 Å². The van der Waals surface area contributed by atoms with Crippen LogP contribution >= 0.6 is 0 Å². The van der Waals surface area contributed by atoms with E-state index in [1.807, 2.05) is 10.9 Å². The molecule has 0 spiro atoms. The van der Waals surface area contributed by atoms with Gasteiger partial charge in [0.2, 0.25) is 0 Å². The van der Waals surface area contributed by atoms with Crippen molar-refractivity contribution in [1.29, 1.82) is 0 Å². The van der Waals surface area contributed by atoms with E-state index in [2.05, 4.69) is 56.2 Å². The maximum Gasteiger partial charge on any atom is 0.0640 e. The fourth-order valence-corrected chi connectivity index (χ4v) is 2.26. The molecule has 3 heteroatoms. The van der Waals surface area contributed by atoms with E-state index in [-0.39, 0.29) is 6.04 Å². The minimum Gasteiger partial charge on any atom is -0.327 e. The highest BCUT2D eigenvalue weighted by Crippen LogP contribution is 2.10. The van der Waals surface area contributed by atoms with Gasteiger partial charge in [0.1, 0.15) is 0 Å². The standard InChI is InChI=1S/C16H23N3/c1-12(2)19-8-7-16(18-19)11-15(17)10-14-6-4-5-13(3)9-14/h4-9,12,15H,10-11,17H2,1-3H3. The van der Waals surface area contributed by atoms with Gasteiger partial charge in [0.15, 0.2) is 0 Å². The van der Waals surface area contributed by atoms with Crippen LogP contribution in [0.3, 0.4) is 0 Å². The van der Waals surface area contributed by atoms with Crippen molar-refractivity contribution in [3.05, 3.63) is 53.3 Å². The fourth-order valence-electron chi connectivity index (χ4n) is 2.26. The molecule has 102 valence electrons. The lowest BCUT2D eigenvalue weighted by atomic mass is 10.0. The normalized spacial score (nSPS) is 12.9. The quantitative estimate of drug-likeness (QED) is 0.895. The minimum atomic E-state index is 0.123. The molecule has 0 radical (unpaired) electrons. The first kappa shape index (κ1) is 13.8. The fraction of sp³-hybridized carbons (Fsp3) is 0.438. The summed E-state index contributed by atoms with van der Waals surface area (Å²) in [5.41, 5.74) is 9.89. The number of rotatable bonds is 5. The number of nitrogens with two attached hydrogens (primary N) is 1. The van der Waals surface area contributed by atoms with Gasteiger partial charge in [-0.25, -0.2) is 0 Å². The second-order valence-corrected chi connectivity index (χ2v) is 5.54. The highest BCUT2D eigenvalue weighted by molar-refractivity contribution is 5.23. The summed E-state index contributed by atoms with van der Waals surface area (Å²) in [4.78, 5) is 0. The Balaban J connectivity index is 1.95. The number of hydrogen-bond donors (Lipinski definition) is 1. The van der Waals surface area contributed by atoms with Crippen LogP contribution in [0.25, 0.3) is 0 Å². The van der Waals surface area contributed by atoms with Crippen molar-refractivity contribution in [1.82, 2.24) is 9.78 Å². The van der Waals surface area contributed by atoms with Crippen LogP contribution in [0.4, 0.5) is 0 Å². The second kappa shape index (κ2) is 6.02. The van der Waals surface area contributed by atoms with Crippen LogP contribution < -0.4 is 5.73 Å². The maximum atomic E-state index is 6.22. The predicted molar refractivity (Wildman–Crippen MR) is 79.2 cm³/mol. The highest BCUT2D eigenvalue weighted by Gasteiger charge is 2.09. The Bertz CT molecular complexity index is 528. The molecule has 0 saturated heterocycles. The monoisotopic (exact) mass is 257 g/mol. The first-order chi connectivity index (χ1) is 9.04. The molecular weight excluding hydrogens is 234 g/mol. The largest absolute Gasteiger partial charge is 0.327 e. The zero-order chi connectivity index (χ0) is 13.8. The van der Waals surface area contributed by atoms with Gasteiger partial charge in [0, 0.05) is 24.7 Å². The molecule has 0 aliphatic heterocycles. The molecule has 0 fully saturated rings. The lowest BCUT2D eigenvalue weighted by Gasteiger charge is -2.11. The third kappa shape index (κ3) is 3.93. The van der Waals surface area contributed by atoms with E-state index in [0.717, 1.165) is 18.5 Å². The third-order valence-electron chi connectivity index (χ3n) is 3.24. The van der Waals surface area contributed by atoms with Gasteiger partial charge in [-0.3, -0.25) is 4.68 Å². The van der Waals surface area contributed by atoms with E-state index >= 15 is 0 Å². The number of nitrogens with zero attached hydrogens (tertiary/aromatic N) is 2. The Hall–Kier alpha value is -1.61. The van der Waals surface area contributed by atoms with Crippen LogP contribution in [0, 0.1) is 6.92 Å². The molecule has 0 saturated carbocycles. The van der Waals surface area contributed by atoms with Gasteiger partial charge >= 0.3 is 0 Å². The summed E-state index contributed by atoms with van der Waals surface area (Å²) in [5, 5.41) is 4.55. The van der Waals surface area contributed by atoms with Crippen LogP contribution in [-0.4, -0.2) is 15.8 Å². The summed E-state index contributed by atoms with van der Waals surface area (Å²) < 4.78 is 1.98. The maximum absolute atomic E-state index is 6.22. The second-order valence-electron chi connectivity index (χ2n) is 5.54. The molecule has 1 heterocycles. The Morgan fingerprint density at radius 2 is 2.00 bits per heavy atom. The molecule has 19 heavy (non-hydrogen) atoms. The molecule has 2 aromatic rings. The minimum absolute atomic E-state index is 0.123. The Labute approximate surface area is 115 Å². The van der Waals surface area contributed by atoms with Gasteiger partial charge in [0.05, 0.1) is 5.69 Å². The number of hydrogen-bond acceptors (Lipinski definition) is 2. The van der Waals surface area contributed by atoms with Gasteiger partial charge < -0.3 is 5.73 Å². The Morgan fingerprint density at radius 3 is 2.63 bits per heavy atom. The SMILES string of the molecule is Cc1cccc(CC(N)Cc2ccn(C(C)C)n2)c1. The molecule has 1 aromatic carbocycles. The molecule has 0 aliphatic carbocycles. The van der Waals surface area contributed by atoms with Crippen molar-refractivity contribution in [3.63, 3.8) is 0 Å². The van der Waals surface area contributed by atoms with Crippen molar-refractivity contribution in [2.45, 2.75) is 45.7 Å². The summed E-state index contributed by atoms with van der Waals surface area (Å²) >= 11 is 0. The van der Waals surface area contributed by atoms with Crippen molar-refractivity contribution in [3.8, 4) is 0 Å². The number of benzene rings is 1. The first-order valence-electron chi connectivity index (χ1n) is 6.90. The summed E-state index contributed by atoms with van der Waals surface area (Å²) in [7, 11) is 0. The smallest absolute Gasteiger partial charge is 0.0640 e. The van der Waals surface area contributed by atoms with Crippen LogP contribution in [0.1, 0.15) is 36.7 Å². The zero-order valence-electron chi connectivity index (χ0n) is 12.0. The lowest BCUT2D eigenvalue weighted by molar-refractivity contribution is 0.521. The molecule has 2 rings (SSSR count). The van der Waals surface area contributed by atoms with Crippen molar-refractivity contribution >= 4 is 0 Å². The molecule has 0 amide bonds. The van der Waals surface area contributed by atoms with Gasteiger partial charge in [-0.2, -0.15) is 5.10 Å². The molecule has 1 aromatic heterocycles. The predicted octanol–water partition coefficient (Wildman–Crippen LogP) is 2.88. The van der Waals surface area contributed by atoms with Crippen molar-refractivity contribution in [2.24, 2.45) is 5.73 Å². The highest BCUT2D eigenvalue weighted by atomic mass is 15.3. The first-order valence-corrected chi connectivity index (χ1v) is 6.90. The van der Waals surface area contributed by atoms with Crippen LogP contribution in [-0.2, 0) is 12.8 Å². The molecule has 1 atom stereocenters. The van der Waals surface area contributed by atoms with Crippen molar-refractivity contribution in [2.75, 3.05) is 0 Å². The summed E-state index contributed by atoms with van der Waals surface area (Å²) in [6, 6.07) is 11.1. The van der Waals surface area contributed by atoms with E-state index in [1.54, 1.807) is 0 Å². The summed E-state index contributed by atoms with van der Waals surface area (Å²) in [6.07, 6.45) is 3.75. The van der Waals surface area contributed by atoms with Crippen molar-refractivity contribution < 1.29 is 0 Å². The Morgan fingerprint density at radius 1 is 1.21 bits per heavy atom. The zero-order valence-corrected chi connectivity index (χ0v) is 12.0. The van der Waals surface area contributed by atoms with Gasteiger partial charge in [0.25, 0.3) is 0 Å². The van der Waals surface area contributed by atoms with Gasteiger partial charge in [-0.05, 0) is 38.8 Å². The number of aryl methyl sites for hydroxylation is 1. The Kier molecular flexibility index (Phi) is 4.38.